The number of hydrogen-bond donors (Lipinski definition) is 0. The lowest BCUT2D eigenvalue weighted by Crippen LogP contribution is -2.47. The molecule has 2 aliphatic rings. The number of anilines is 2. The van der Waals surface area contributed by atoms with Crippen LogP contribution in [0.2, 0.25) is 0 Å². The molecule has 0 amide bonds. The Morgan fingerprint density at radius 1 is 0.912 bits per heavy atom. The maximum atomic E-state index is 11.6. The Morgan fingerprint density at radius 3 is 2.41 bits per heavy atom. The summed E-state index contributed by atoms with van der Waals surface area (Å²) in [6, 6.07) is 18.6. The highest BCUT2D eigenvalue weighted by Gasteiger charge is 2.27. The number of Topliss-reactive ketones (excluding diaryl/α,β-unsaturated/α-hetero) is 1. The van der Waals surface area contributed by atoms with Crippen molar-refractivity contribution in [2.45, 2.75) is 33.1 Å². The van der Waals surface area contributed by atoms with Crippen LogP contribution >= 0.6 is 0 Å². The maximum absolute atomic E-state index is 11.6. The summed E-state index contributed by atoms with van der Waals surface area (Å²) in [5, 5.41) is 5.05. The first-order valence-electron chi connectivity index (χ1n) is 12.2. The molecule has 6 rings (SSSR count). The second-order valence-corrected chi connectivity index (χ2v) is 9.46. The molecule has 0 N–H and O–H groups in total. The molecule has 0 radical (unpaired) electrons. The van der Waals surface area contributed by atoms with Crippen molar-refractivity contribution < 1.29 is 4.79 Å². The van der Waals surface area contributed by atoms with E-state index in [9.17, 15) is 4.79 Å². The number of hydrogen-bond acceptors (Lipinski definition) is 5. The molecule has 6 heteroatoms. The van der Waals surface area contributed by atoms with Gasteiger partial charge in [0, 0.05) is 60.3 Å². The minimum absolute atomic E-state index is 0.108. The van der Waals surface area contributed by atoms with Gasteiger partial charge >= 0.3 is 0 Å². The Hall–Kier alpha value is -3.67. The molecule has 34 heavy (non-hydrogen) atoms. The van der Waals surface area contributed by atoms with Crippen LogP contribution < -0.4 is 9.80 Å². The minimum atomic E-state index is 0.108. The van der Waals surface area contributed by atoms with Crippen molar-refractivity contribution in [2.75, 3.05) is 36.0 Å². The predicted octanol–water partition coefficient (Wildman–Crippen LogP) is 4.72. The van der Waals surface area contributed by atoms with Gasteiger partial charge in [0.1, 0.15) is 5.82 Å². The van der Waals surface area contributed by atoms with Gasteiger partial charge in [0.05, 0.1) is 5.69 Å². The molecule has 0 saturated carbocycles. The largest absolute Gasteiger partial charge is 0.368 e. The maximum Gasteiger partial charge on any atom is 0.159 e. The summed E-state index contributed by atoms with van der Waals surface area (Å²) in [6.45, 7) is 7.46. The van der Waals surface area contributed by atoms with E-state index < -0.39 is 0 Å². The fourth-order valence-corrected chi connectivity index (χ4v) is 5.32. The number of benzene rings is 2. The summed E-state index contributed by atoms with van der Waals surface area (Å²) < 4.78 is 2.08. The van der Waals surface area contributed by atoms with Crippen LogP contribution in [0.1, 0.15) is 40.5 Å². The van der Waals surface area contributed by atoms with Crippen LogP contribution in [0.15, 0.2) is 54.6 Å². The van der Waals surface area contributed by atoms with E-state index in [2.05, 4.69) is 63.7 Å². The van der Waals surface area contributed by atoms with Crippen LogP contribution in [0.3, 0.4) is 0 Å². The summed E-state index contributed by atoms with van der Waals surface area (Å²) >= 11 is 0. The highest BCUT2D eigenvalue weighted by molar-refractivity contribution is 5.94. The van der Waals surface area contributed by atoms with E-state index >= 15 is 0 Å². The molecule has 2 aromatic carbocycles. The molecular weight excluding hydrogens is 422 g/mol. The van der Waals surface area contributed by atoms with Gasteiger partial charge < -0.3 is 9.80 Å². The second kappa shape index (κ2) is 8.28. The van der Waals surface area contributed by atoms with Gasteiger partial charge in [-0.1, -0.05) is 23.8 Å². The molecule has 1 saturated heterocycles. The third-order valence-electron chi connectivity index (χ3n) is 7.13. The van der Waals surface area contributed by atoms with Gasteiger partial charge in [-0.25, -0.2) is 4.98 Å². The summed E-state index contributed by atoms with van der Waals surface area (Å²) in [5.41, 5.74) is 8.83. The quantitative estimate of drug-likeness (QED) is 0.420. The zero-order valence-electron chi connectivity index (χ0n) is 19.8. The third-order valence-corrected chi connectivity index (χ3v) is 7.13. The standard InChI is InChI=1S/C28H29N5O/c1-19-5-3-6-22(17-19)26-18-27-29-25-8-4-7-24(25)28(33(27)30-26)32-15-13-31(14-16-32)23-11-9-21(10-12-23)20(2)34/h3,5-6,9-12,17-18H,4,7-8,13-16H2,1-2H3. The molecule has 0 bridgehead atoms. The van der Waals surface area contributed by atoms with Crippen LogP contribution in [0, 0.1) is 6.92 Å². The Bertz CT molecular complexity index is 1380. The number of piperazine rings is 1. The van der Waals surface area contributed by atoms with Crippen molar-refractivity contribution in [1.29, 1.82) is 0 Å². The van der Waals surface area contributed by atoms with Gasteiger partial charge in [0.15, 0.2) is 11.4 Å². The number of rotatable bonds is 4. The van der Waals surface area contributed by atoms with Gasteiger partial charge in [0.2, 0.25) is 0 Å². The lowest BCUT2D eigenvalue weighted by Gasteiger charge is -2.38. The normalized spacial score (nSPS) is 15.7. The molecule has 1 aliphatic heterocycles. The molecule has 3 heterocycles. The molecule has 1 aliphatic carbocycles. The van der Waals surface area contributed by atoms with Gasteiger partial charge in [-0.05, 0) is 63.4 Å². The average molecular weight is 452 g/mol. The Labute approximate surface area is 199 Å². The molecule has 172 valence electrons. The summed E-state index contributed by atoms with van der Waals surface area (Å²) in [4.78, 5) is 21.5. The van der Waals surface area contributed by atoms with Crippen LogP contribution in [0.25, 0.3) is 16.9 Å². The molecule has 6 nitrogen and oxygen atoms in total. The minimum Gasteiger partial charge on any atom is -0.368 e. The Kier molecular flexibility index (Phi) is 5.09. The van der Waals surface area contributed by atoms with Crippen LogP contribution in [0.5, 0.6) is 0 Å². The van der Waals surface area contributed by atoms with Crippen molar-refractivity contribution in [1.82, 2.24) is 14.6 Å². The number of nitrogens with zero attached hydrogens (tertiary/aromatic N) is 5. The monoisotopic (exact) mass is 451 g/mol. The van der Waals surface area contributed by atoms with Crippen LogP contribution in [0.4, 0.5) is 11.5 Å². The van der Waals surface area contributed by atoms with E-state index in [4.69, 9.17) is 10.1 Å². The number of carbonyl (C=O) groups excluding carboxylic acids is 1. The highest BCUT2D eigenvalue weighted by atomic mass is 16.1. The first-order chi connectivity index (χ1) is 16.6. The molecule has 2 aromatic heterocycles. The van der Waals surface area contributed by atoms with Gasteiger partial charge in [-0.2, -0.15) is 9.61 Å². The fraction of sp³-hybridized carbons (Fsp3) is 0.321. The molecule has 0 spiro atoms. The number of aryl methyl sites for hydroxylation is 2. The summed E-state index contributed by atoms with van der Waals surface area (Å²) in [6.07, 6.45) is 3.28. The van der Waals surface area contributed by atoms with Crippen molar-refractivity contribution >= 4 is 22.9 Å². The van der Waals surface area contributed by atoms with Crippen LogP contribution in [-0.2, 0) is 12.8 Å². The topological polar surface area (TPSA) is 53.7 Å². The van der Waals surface area contributed by atoms with Gasteiger partial charge in [-0.3, -0.25) is 4.79 Å². The van der Waals surface area contributed by atoms with Gasteiger partial charge in [0.25, 0.3) is 0 Å². The first kappa shape index (κ1) is 20.9. The molecule has 0 unspecified atom stereocenters. The fourth-order valence-electron chi connectivity index (χ4n) is 5.32. The van der Waals surface area contributed by atoms with E-state index in [1.165, 1.54) is 28.3 Å². The number of fused-ring (bicyclic) bond motifs is 2. The van der Waals surface area contributed by atoms with E-state index in [0.29, 0.717) is 0 Å². The van der Waals surface area contributed by atoms with Gasteiger partial charge in [-0.15, -0.1) is 0 Å². The number of carbonyl (C=O) groups is 1. The molecule has 0 atom stereocenters. The smallest absolute Gasteiger partial charge is 0.159 e. The van der Waals surface area contributed by atoms with Crippen molar-refractivity contribution in [3.63, 3.8) is 0 Å². The molecule has 1 fully saturated rings. The lowest BCUT2D eigenvalue weighted by molar-refractivity contribution is 0.101. The molecular formula is C28H29N5O. The van der Waals surface area contributed by atoms with Crippen molar-refractivity contribution in [3.05, 3.63) is 77.0 Å². The van der Waals surface area contributed by atoms with Crippen molar-refractivity contribution in [2.24, 2.45) is 0 Å². The first-order valence-corrected chi connectivity index (χ1v) is 12.2. The number of ketones is 1. The van der Waals surface area contributed by atoms with E-state index in [-0.39, 0.29) is 5.78 Å². The van der Waals surface area contributed by atoms with E-state index in [1.54, 1.807) is 6.92 Å². The SMILES string of the molecule is CC(=O)c1ccc(N2CCN(c3c4c(nc5cc(-c6cccc(C)c6)nn35)CCC4)CC2)cc1. The molecule has 4 aromatic rings. The Morgan fingerprint density at radius 2 is 1.68 bits per heavy atom. The van der Waals surface area contributed by atoms with E-state index in [1.807, 2.05) is 12.1 Å². The average Bonchev–Trinajstić information content (AvgIpc) is 3.49. The third kappa shape index (κ3) is 3.63. The number of aromatic nitrogens is 3. The predicted molar refractivity (Wildman–Crippen MR) is 136 cm³/mol. The highest BCUT2D eigenvalue weighted by Crippen LogP contribution is 2.33. The lowest BCUT2D eigenvalue weighted by atomic mass is 10.1. The second-order valence-electron chi connectivity index (χ2n) is 9.46. The van der Waals surface area contributed by atoms with Crippen LogP contribution in [-0.4, -0.2) is 46.6 Å². The van der Waals surface area contributed by atoms with Crippen molar-refractivity contribution in [3.8, 4) is 11.3 Å². The summed E-state index contributed by atoms with van der Waals surface area (Å²) in [7, 11) is 0. The zero-order chi connectivity index (χ0) is 23.2. The van der Waals surface area contributed by atoms with E-state index in [0.717, 1.165) is 67.9 Å². The zero-order valence-corrected chi connectivity index (χ0v) is 19.8. The Balaban J connectivity index is 1.32. The summed E-state index contributed by atoms with van der Waals surface area (Å²) in [5.74, 6) is 1.33.